The molecule has 0 atom stereocenters. The van der Waals surface area contributed by atoms with Crippen LogP contribution in [0.3, 0.4) is 0 Å². The van der Waals surface area contributed by atoms with Gasteiger partial charge in [-0.25, -0.2) is 0 Å². The van der Waals surface area contributed by atoms with Crippen molar-refractivity contribution in [2.24, 2.45) is 5.84 Å². The number of hydrogen-bond acceptors (Lipinski definition) is 3. The SMILES string of the molecule is NNCc1[nH]nc(Cl)c1Cl. The molecule has 1 aromatic heterocycles. The zero-order valence-electron chi connectivity index (χ0n) is 4.99. The third kappa shape index (κ3) is 1.41. The lowest BCUT2D eigenvalue weighted by atomic mass is 10.4. The Morgan fingerprint density at radius 1 is 1.60 bits per heavy atom. The number of aromatic amines is 1. The number of nitrogens with zero attached hydrogens (tertiary/aromatic N) is 1. The maximum Gasteiger partial charge on any atom is 0.169 e. The Kier molecular flexibility index (Phi) is 2.50. The van der Waals surface area contributed by atoms with Crippen LogP contribution in [0.1, 0.15) is 5.69 Å². The summed E-state index contributed by atoms with van der Waals surface area (Å²) in [5.41, 5.74) is 3.11. The molecule has 0 unspecified atom stereocenters. The highest BCUT2D eigenvalue weighted by Crippen LogP contribution is 2.21. The van der Waals surface area contributed by atoms with Crippen LogP contribution in [-0.2, 0) is 6.54 Å². The average molecular weight is 181 g/mol. The number of hydrogen-bond donors (Lipinski definition) is 3. The van der Waals surface area contributed by atoms with Gasteiger partial charge >= 0.3 is 0 Å². The molecule has 0 saturated carbocycles. The Balaban J connectivity index is 2.83. The molecular formula is C4H6Cl2N4. The highest BCUT2D eigenvalue weighted by atomic mass is 35.5. The fourth-order valence-electron chi connectivity index (χ4n) is 0.558. The first-order valence-corrected chi connectivity index (χ1v) is 3.33. The van der Waals surface area contributed by atoms with E-state index >= 15 is 0 Å². The molecule has 0 saturated heterocycles. The summed E-state index contributed by atoms with van der Waals surface area (Å²) in [6, 6.07) is 0. The zero-order chi connectivity index (χ0) is 7.56. The van der Waals surface area contributed by atoms with Crippen LogP contribution in [0.5, 0.6) is 0 Å². The van der Waals surface area contributed by atoms with Gasteiger partial charge in [0.1, 0.15) is 5.02 Å². The molecule has 0 aliphatic heterocycles. The number of H-pyrrole nitrogens is 1. The first-order valence-electron chi connectivity index (χ1n) is 2.57. The summed E-state index contributed by atoms with van der Waals surface area (Å²) in [6.45, 7) is 0.429. The van der Waals surface area contributed by atoms with Crippen molar-refractivity contribution in [3.8, 4) is 0 Å². The molecule has 56 valence electrons. The van der Waals surface area contributed by atoms with Crippen molar-refractivity contribution in [2.75, 3.05) is 0 Å². The molecule has 0 fully saturated rings. The van der Waals surface area contributed by atoms with Crippen molar-refractivity contribution < 1.29 is 0 Å². The van der Waals surface area contributed by atoms with Crippen molar-refractivity contribution in [3.63, 3.8) is 0 Å². The monoisotopic (exact) mass is 180 g/mol. The minimum atomic E-state index is 0.270. The molecule has 0 aliphatic carbocycles. The number of aromatic nitrogens is 2. The summed E-state index contributed by atoms with van der Waals surface area (Å²) in [5.74, 6) is 5.04. The lowest BCUT2D eigenvalue weighted by Crippen LogP contribution is -2.21. The van der Waals surface area contributed by atoms with Crippen LogP contribution in [0.15, 0.2) is 0 Å². The molecule has 4 nitrogen and oxygen atoms in total. The summed E-state index contributed by atoms with van der Waals surface area (Å²) in [4.78, 5) is 0. The van der Waals surface area contributed by atoms with Gasteiger partial charge in [-0.1, -0.05) is 23.2 Å². The second-order valence-corrected chi connectivity index (χ2v) is 2.42. The maximum atomic E-state index is 5.67. The Bertz CT molecular complexity index is 221. The zero-order valence-corrected chi connectivity index (χ0v) is 6.50. The average Bonchev–Trinajstić information content (AvgIpc) is 2.20. The van der Waals surface area contributed by atoms with Gasteiger partial charge in [-0.05, 0) is 0 Å². The van der Waals surface area contributed by atoms with E-state index in [2.05, 4.69) is 15.6 Å². The minimum absolute atomic E-state index is 0.270. The molecule has 0 amide bonds. The van der Waals surface area contributed by atoms with Gasteiger partial charge in [-0.2, -0.15) is 5.10 Å². The smallest absolute Gasteiger partial charge is 0.169 e. The van der Waals surface area contributed by atoms with Crippen LogP contribution >= 0.6 is 23.2 Å². The summed E-state index contributed by atoms with van der Waals surface area (Å²) in [5, 5.41) is 6.95. The Morgan fingerprint density at radius 2 is 2.30 bits per heavy atom. The third-order valence-electron chi connectivity index (χ3n) is 1.01. The van der Waals surface area contributed by atoms with Crippen LogP contribution in [0.25, 0.3) is 0 Å². The molecule has 0 aliphatic rings. The standard InChI is InChI=1S/C4H6Cl2N4/c5-3-2(1-8-7)9-10-4(3)6/h8H,1,7H2,(H,9,10). The van der Waals surface area contributed by atoms with Gasteiger partial charge in [0, 0.05) is 0 Å². The number of halogens is 2. The molecule has 1 aromatic rings. The summed E-state index contributed by atoms with van der Waals surface area (Å²) < 4.78 is 0. The molecule has 0 aromatic carbocycles. The number of nitrogens with two attached hydrogens (primary N) is 1. The molecule has 6 heteroatoms. The maximum absolute atomic E-state index is 5.67. The van der Waals surface area contributed by atoms with E-state index < -0.39 is 0 Å². The van der Waals surface area contributed by atoms with E-state index in [-0.39, 0.29) is 5.15 Å². The molecule has 1 heterocycles. The van der Waals surface area contributed by atoms with E-state index in [4.69, 9.17) is 29.0 Å². The number of nitrogens with one attached hydrogen (secondary N) is 2. The molecule has 4 N–H and O–H groups in total. The van der Waals surface area contributed by atoms with Crippen LogP contribution in [0.4, 0.5) is 0 Å². The third-order valence-corrected chi connectivity index (χ3v) is 1.79. The van der Waals surface area contributed by atoms with E-state index in [9.17, 15) is 0 Å². The van der Waals surface area contributed by atoms with Crippen molar-refractivity contribution in [1.29, 1.82) is 0 Å². The number of hydrazine groups is 1. The quantitative estimate of drug-likeness (QED) is 0.464. The second kappa shape index (κ2) is 3.21. The lowest BCUT2D eigenvalue weighted by Gasteiger charge is -1.93. The normalized spacial score (nSPS) is 10.3. The first kappa shape index (κ1) is 7.81. The van der Waals surface area contributed by atoms with Gasteiger partial charge in [0.25, 0.3) is 0 Å². The van der Waals surface area contributed by atoms with E-state index in [1.54, 1.807) is 0 Å². The lowest BCUT2D eigenvalue weighted by molar-refractivity contribution is 0.719. The Hall–Kier alpha value is -0.290. The Morgan fingerprint density at radius 3 is 2.70 bits per heavy atom. The van der Waals surface area contributed by atoms with E-state index in [0.29, 0.717) is 17.3 Å². The van der Waals surface area contributed by atoms with Crippen molar-refractivity contribution in [2.45, 2.75) is 6.54 Å². The van der Waals surface area contributed by atoms with Gasteiger partial charge in [0.2, 0.25) is 0 Å². The molecule has 0 bridgehead atoms. The largest absolute Gasteiger partial charge is 0.278 e. The first-order chi connectivity index (χ1) is 4.75. The van der Waals surface area contributed by atoms with Gasteiger partial charge in [-0.15, -0.1) is 0 Å². The molecule has 0 radical (unpaired) electrons. The van der Waals surface area contributed by atoms with E-state index in [1.807, 2.05) is 0 Å². The topological polar surface area (TPSA) is 66.7 Å². The summed E-state index contributed by atoms with van der Waals surface area (Å²) in [6.07, 6.45) is 0. The van der Waals surface area contributed by atoms with Crippen LogP contribution in [0.2, 0.25) is 10.2 Å². The van der Waals surface area contributed by atoms with E-state index in [1.165, 1.54) is 0 Å². The van der Waals surface area contributed by atoms with Gasteiger partial charge < -0.3 is 0 Å². The fraction of sp³-hybridized carbons (Fsp3) is 0.250. The number of rotatable bonds is 2. The van der Waals surface area contributed by atoms with Crippen LogP contribution in [0, 0.1) is 0 Å². The second-order valence-electron chi connectivity index (χ2n) is 1.69. The van der Waals surface area contributed by atoms with Crippen LogP contribution < -0.4 is 11.3 Å². The summed E-state index contributed by atoms with van der Waals surface area (Å²) in [7, 11) is 0. The molecule has 0 spiro atoms. The highest BCUT2D eigenvalue weighted by Gasteiger charge is 2.06. The predicted molar refractivity (Wildman–Crippen MR) is 39.6 cm³/mol. The van der Waals surface area contributed by atoms with E-state index in [0.717, 1.165) is 0 Å². The highest BCUT2D eigenvalue weighted by molar-refractivity contribution is 6.41. The van der Waals surface area contributed by atoms with Gasteiger partial charge in [-0.3, -0.25) is 16.4 Å². The summed E-state index contributed by atoms with van der Waals surface area (Å²) >= 11 is 11.2. The fourth-order valence-corrected chi connectivity index (χ4v) is 0.866. The minimum Gasteiger partial charge on any atom is -0.278 e. The molecule has 10 heavy (non-hydrogen) atoms. The van der Waals surface area contributed by atoms with Crippen molar-refractivity contribution >= 4 is 23.2 Å². The van der Waals surface area contributed by atoms with Crippen molar-refractivity contribution in [3.05, 3.63) is 15.9 Å². The predicted octanol–water partition coefficient (Wildman–Crippen LogP) is 0.680. The Labute approximate surface area is 67.7 Å². The van der Waals surface area contributed by atoms with Crippen molar-refractivity contribution in [1.82, 2.24) is 15.6 Å². The molecular weight excluding hydrogens is 175 g/mol. The molecule has 1 rings (SSSR count). The van der Waals surface area contributed by atoms with Gasteiger partial charge in [0.15, 0.2) is 5.15 Å². The van der Waals surface area contributed by atoms with Gasteiger partial charge in [0.05, 0.1) is 12.2 Å². The van der Waals surface area contributed by atoms with Crippen LogP contribution in [-0.4, -0.2) is 10.2 Å².